The number of halogens is 1. The van der Waals surface area contributed by atoms with Gasteiger partial charge in [0, 0.05) is 6.42 Å². The second kappa shape index (κ2) is 3.29. The summed E-state index contributed by atoms with van der Waals surface area (Å²) in [4.78, 5) is 23.0. The van der Waals surface area contributed by atoms with E-state index in [1.807, 2.05) is 6.92 Å². The van der Waals surface area contributed by atoms with E-state index in [0.29, 0.717) is 19.3 Å². The molecular formula is C9H13BrO2. The van der Waals surface area contributed by atoms with Crippen molar-refractivity contribution in [3.8, 4) is 0 Å². The smallest absolute Gasteiger partial charge is 0.159 e. The van der Waals surface area contributed by atoms with Crippen molar-refractivity contribution in [3.05, 3.63) is 0 Å². The van der Waals surface area contributed by atoms with Crippen molar-refractivity contribution in [1.82, 2.24) is 0 Å². The molecule has 0 aliphatic heterocycles. The van der Waals surface area contributed by atoms with Crippen LogP contribution in [0.1, 0.15) is 33.1 Å². The van der Waals surface area contributed by atoms with Crippen LogP contribution in [0.4, 0.5) is 0 Å². The van der Waals surface area contributed by atoms with Gasteiger partial charge in [-0.3, -0.25) is 9.59 Å². The summed E-state index contributed by atoms with van der Waals surface area (Å²) in [6.45, 7) is 3.64. The van der Waals surface area contributed by atoms with E-state index in [0.717, 1.165) is 0 Å². The Morgan fingerprint density at radius 2 is 2.17 bits per heavy atom. The van der Waals surface area contributed by atoms with E-state index in [2.05, 4.69) is 15.9 Å². The molecule has 68 valence electrons. The third-order valence-corrected chi connectivity index (χ3v) is 3.65. The van der Waals surface area contributed by atoms with Crippen molar-refractivity contribution in [2.45, 2.75) is 37.9 Å². The summed E-state index contributed by atoms with van der Waals surface area (Å²) in [5.74, 6) is 0.159. The van der Waals surface area contributed by atoms with Gasteiger partial charge in [-0.2, -0.15) is 0 Å². The number of hydrogen-bond acceptors (Lipinski definition) is 2. The van der Waals surface area contributed by atoms with Crippen molar-refractivity contribution in [2.75, 3.05) is 0 Å². The van der Waals surface area contributed by atoms with Crippen LogP contribution in [0, 0.1) is 5.41 Å². The first-order valence-corrected chi connectivity index (χ1v) is 5.15. The van der Waals surface area contributed by atoms with E-state index in [1.165, 1.54) is 0 Å². The zero-order valence-electron chi connectivity index (χ0n) is 7.39. The van der Waals surface area contributed by atoms with Gasteiger partial charge in [0.2, 0.25) is 0 Å². The van der Waals surface area contributed by atoms with E-state index in [1.54, 1.807) is 6.92 Å². The number of carbonyl (C=O) groups is 2. The third kappa shape index (κ3) is 1.35. The highest BCUT2D eigenvalue weighted by Gasteiger charge is 2.44. The van der Waals surface area contributed by atoms with Crippen LogP contribution >= 0.6 is 15.9 Å². The fourth-order valence-electron chi connectivity index (χ4n) is 1.52. The number of ketones is 2. The molecule has 1 aliphatic rings. The Morgan fingerprint density at radius 3 is 2.58 bits per heavy atom. The minimum atomic E-state index is -0.716. The maximum Gasteiger partial charge on any atom is 0.159 e. The fourth-order valence-corrected chi connectivity index (χ4v) is 2.25. The fraction of sp³-hybridized carbons (Fsp3) is 0.778. The molecule has 3 heteroatoms. The number of alkyl halides is 1. The Kier molecular flexibility index (Phi) is 2.71. The molecule has 2 nitrogen and oxygen atoms in total. The lowest BCUT2D eigenvalue weighted by atomic mass is 9.72. The highest BCUT2D eigenvalue weighted by atomic mass is 79.9. The van der Waals surface area contributed by atoms with Crippen molar-refractivity contribution >= 4 is 27.5 Å². The molecule has 1 rings (SSSR count). The summed E-state index contributed by atoms with van der Waals surface area (Å²) in [6, 6.07) is 0. The Bertz CT molecular complexity index is 225. The number of Topliss-reactive ketones (excluding diaryl/α,β-unsaturated/α-hetero) is 2. The van der Waals surface area contributed by atoms with Gasteiger partial charge in [0.1, 0.15) is 5.78 Å². The largest absolute Gasteiger partial charge is 0.299 e. The van der Waals surface area contributed by atoms with Gasteiger partial charge in [0.15, 0.2) is 5.78 Å². The molecule has 0 spiro atoms. The second-order valence-electron chi connectivity index (χ2n) is 3.48. The SMILES string of the molecule is CCC1(C)C(=O)CCC(Br)C1=O. The van der Waals surface area contributed by atoms with Crippen molar-refractivity contribution in [1.29, 1.82) is 0 Å². The normalized spacial score (nSPS) is 37.1. The first-order chi connectivity index (χ1) is 5.52. The van der Waals surface area contributed by atoms with Gasteiger partial charge < -0.3 is 0 Å². The number of carbonyl (C=O) groups excluding carboxylic acids is 2. The zero-order chi connectivity index (χ0) is 9.35. The molecule has 0 aromatic heterocycles. The van der Waals surface area contributed by atoms with Gasteiger partial charge in [-0.25, -0.2) is 0 Å². The van der Waals surface area contributed by atoms with Gasteiger partial charge in [0.05, 0.1) is 10.2 Å². The summed E-state index contributed by atoms with van der Waals surface area (Å²) in [5, 5.41) is 0. The monoisotopic (exact) mass is 232 g/mol. The van der Waals surface area contributed by atoms with Crippen molar-refractivity contribution in [3.63, 3.8) is 0 Å². The van der Waals surface area contributed by atoms with Crippen LogP contribution in [0.25, 0.3) is 0 Å². The summed E-state index contributed by atoms with van der Waals surface area (Å²) < 4.78 is 0. The molecule has 0 saturated heterocycles. The third-order valence-electron chi connectivity index (χ3n) is 2.78. The quantitative estimate of drug-likeness (QED) is 0.513. The average molecular weight is 233 g/mol. The number of hydrogen-bond donors (Lipinski definition) is 0. The van der Waals surface area contributed by atoms with Crippen LogP contribution in [0.15, 0.2) is 0 Å². The lowest BCUT2D eigenvalue weighted by molar-refractivity contribution is -0.142. The van der Waals surface area contributed by atoms with E-state index in [4.69, 9.17) is 0 Å². The van der Waals surface area contributed by atoms with Crippen molar-refractivity contribution < 1.29 is 9.59 Å². The predicted octanol–water partition coefficient (Wildman–Crippen LogP) is 2.10. The molecule has 0 N–H and O–H groups in total. The Balaban J connectivity index is 2.93. The standard InChI is InChI=1S/C9H13BrO2/c1-3-9(2)7(11)5-4-6(10)8(9)12/h6H,3-5H2,1-2H3. The molecule has 0 heterocycles. The average Bonchev–Trinajstić information content (AvgIpc) is 2.08. The van der Waals surface area contributed by atoms with E-state index < -0.39 is 5.41 Å². The van der Waals surface area contributed by atoms with Gasteiger partial charge in [-0.05, 0) is 19.8 Å². The topological polar surface area (TPSA) is 34.1 Å². The van der Waals surface area contributed by atoms with Gasteiger partial charge in [-0.15, -0.1) is 0 Å². The maximum atomic E-state index is 11.6. The highest BCUT2D eigenvalue weighted by molar-refractivity contribution is 9.10. The Labute approximate surface area is 80.8 Å². The minimum Gasteiger partial charge on any atom is -0.299 e. The molecule has 1 saturated carbocycles. The molecule has 0 aromatic rings. The molecule has 2 atom stereocenters. The summed E-state index contributed by atoms with van der Waals surface area (Å²) in [7, 11) is 0. The Morgan fingerprint density at radius 1 is 1.58 bits per heavy atom. The van der Waals surface area contributed by atoms with Crippen LogP contribution < -0.4 is 0 Å². The van der Waals surface area contributed by atoms with E-state index in [-0.39, 0.29) is 16.4 Å². The van der Waals surface area contributed by atoms with Crippen LogP contribution in [0.2, 0.25) is 0 Å². The maximum absolute atomic E-state index is 11.6. The van der Waals surface area contributed by atoms with Crippen LogP contribution in [-0.2, 0) is 9.59 Å². The lowest BCUT2D eigenvalue weighted by Crippen LogP contribution is -2.44. The summed E-state index contributed by atoms with van der Waals surface area (Å²) in [5.41, 5.74) is -0.716. The first-order valence-electron chi connectivity index (χ1n) is 4.24. The molecular weight excluding hydrogens is 220 g/mol. The van der Waals surface area contributed by atoms with Crippen LogP contribution in [0.3, 0.4) is 0 Å². The Hall–Kier alpha value is -0.180. The number of rotatable bonds is 1. The lowest BCUT2D eigenvalue weighted by Gasteiger charge is -2.31. The van der Waals surface area contributed by atoms with Crippen LogP contribution in [0.5, 0.6) is 0 Å². The second-order valence-corrected chi connectivity index (χ2v) is 4.58. The molecule has 0 amide bonds. The summed E-state index contributed by atoms with van der Waals surface area (Å²) >= 11 is 3.30. The highest BCUT2D eigenvalue weighted by Crippen LogP contribution is 2.35. The minimum absolute atomic E-state index is 0.0567. The van der Waals surface area contributed by atoms with Crippen LogP contribution in [-0.4, -0.2) is 16.4 Å². The summed E-state index contributed by atoms with van der Waals surface area (Å²) in [6.07, 6.45) is 1.81. The molecule has 1 aliphatic carbocycles. The predicted molar refractivity (Wildman–Crippen MR) is 50.4 cm³/mol. The zero-order valence-corrected chi connectivity index (χ0v) is 8.98. The first kappa shape index (κ1) is 9.90. The molecule has 12 heavy (non-hydrogen) atoms. The molecule has 0 radical (unpaired) electrons. The van der Waals surface area contributed by atoms with Gasteiger partial charge in [-0.1, -0.05) is 22.9 Å². The van der Waals surface area contributed by atoms with E-state index >= 15 is 0 Å². The molecule has 2 unspecified atom stereocenters. The molecule has 1 fully saturated rings. The van der Waals surface area contributed by atoms with Gasteiger partial charge in [0.25, 0.3) is 0 Å². The molecule has 0 bridgehead atoms. The molecule has 0 aromatic carbocycles. The van der Waals surface area contributed by atoms with Gasteiger partial charge >= 0.3 is 0 Å². The van der Waals surface area contributed by atoms with E-state index in [9.17, 15) is 9.59 Å². The van der Waals surface area contributed by atoms with Crippen molar-refractivity contribution in [2.24, 2.45) is 5.41 Å².